The van der Waals surface area contributed by atoms with E-state index in [-0.39, 0.29) is 0 Å². The number of piperazine rings is 1. The van der Waals surface area contributed by atoms with Crippen molar-refractivity contribution in [3.8, 4) is 0 Å². The molecular formula is C17H24N4. The molecule has 1 aliphatic rings. The molecule has 112 valence electrons. The van der Waals surface area contributed by atoms with E-state index in [9.17, 15) is 0 Å². The van der Waals surface area contributed by atoms with Crippen LogP contribution in [0.4, 0.5) is 5.69 Å². The number of hydrogen-bond donors (Lipinski definition) is 0. The first-order chi connectivity index (χ1) is 10.1. The Morgan fingerprint density at radius 3 is 2.71 bits per heavy atom. The molecule has 1 aromatic carbocycles. The van der Waals surface area contributed by atoms with Crippen molar-refractivity contribution < 1.29 is 0 Å². The average Bonchev–Trinajstić information content (AvgIpc) is 2.87. The Morgan fingerprint density at radius 1 is 1.24 bits per heavy atom. The molecule has 2 aromatic rings. The molecule has 2 heterocycles. The molecule has 0 N–H and O–H groups in total. The van der Waals surface area contributed by atoms with Crippen LogP contribution in [0, 0.1) is 6.92 Å². The third-order valence-corrected chi connectivity index (χ3v) is 4.50. The maximum atomic E-state index is 4.21. The molecule has 4 nitrogen and oxygen atoms in total. The van der Waals surface area contributed by atoms with E-state index < -0.39 is 0 Å². The van der Waals surface area contributed by atoms with Crippen molar-refractivity contribution in [2.45, 2.75) is 26.4 Å². The van der Waals surface area contributed by atoms with Crippen LogP contribution in [-0.4, -0.2) is 40.1 Å². The van der Waals surface area contributed by atoms with Crippen LogP contribution in [-0.2, 0) is 13.6 Å². The van der Waals surface area contributed by atoms with Gasteiger partial charge in [-0.1, -0.05) is 18.2 Å². The zero-order chi connectivity index (χ0) is 14.8. The molecule has 3 rings (SSSR count). The molecule has 1 atom stereocenters. The number of para-hydroxylation sites is 1. The van der Waals surface area contributed by atoms with Crippen LogP contribution >= 0.6 is 0 Å². The third kappa shape index (κ3) is 2.95. The summed E-state index contributed by atoms with van der Waals surface area (Å²) in [5.41, 5.74) is 4.03. The van der Waals surface area contributed by atoms with Gasteiger partial charge < -0.3 is 9.47 Å². The van der Waals surface area contributed by atoms with Crippen molar-refractivity contribution in [1.29, 1.82) is 0 Å². The van der Waals surface area contributed by atoms with Crippen molar-refractivity contribution in [2.24, 2.45) is 7.05 Å². The Morgan fingerprint density at radius 2 is 2.05 bits per heavy atom. The predicted molar refractivity (Wildman–Crippen MR) is 86.5 cm³/mol. The van der Waals surface area contributed by atoms with Crippen molar-refractivity contribution in [3.63, 3.8) is 0 Å². The molecule has 0 aliphatic carbocycles. The highest BCUT2D eigenvalue weighted by atomic mass is 15.3. The van der Waals surface area contributed by atoms with Crippen LogP contribution in [0.15, 0.2) is 36.8 Å². The summed E-state index contributed by atoms with van der Waals surface area (Å²) in [6.45, 7) is 8.78. The van der Waals surface area contributed by atoms with Crippen molar-refractivity contribution in [3.05, 3.63) is 48.0 Å². The zero-order valence-electron chi connectivity index (χ0n) is 13.2. The maximum absolute atomic E-state index is 4.21. The van der Waals surface area contributed by atoms with Crippen molar-refractivity contribution in [1.82, 2.24) is 14.5 Å². The third-order valence-electron chi connectivity index (χ3n) is 4.50. The van der Waals surface area contributed by atoms with E-state index in [1.165, 1.54) is 16.9 Å². The fourth-order valence-electron chi connectivity index (χ4n) is 3.11. The molecule has 1 fully saturated rings. The topological polar surface area (TPSA) is 24.3 Å². The Hall–Kier alpha value is -1.81. The highest BCUT2D eigenvalue weighted by molar-refractivity contribution is 5.53. The molecule has 0 radical (unpaired) electrons. The van der Waals surface area contributed by atoms with Gasteiger partial charge in [0.05, 0.1) is 12.0 Å². The smallest absolute Gasteiger partial charge is 0.0945 e. The monoisotopic (exact) mass is 284 g/mol. The van der Waals surface area contributed by atoms with Gasteiger partial charge in [-0.2, -0.15) is 0 Å². The van der Waals surface area contributed by atoms with E-state index in [0.717, 1.165) is 26.2 Å². The molecule has 0 saturated carbocycles. The molecule has 1 unspecified atom stereocenters. The summed E-state index contributed by atoms with van der Waals surface area (Å²) in [7, 11) is 2.07. The quantitative estimate of drug-likeness (QED) is 0.865. The van der Waals surface area contributed by atoms with Crippen LogP contribution < -0.4 is 4.90 Å². The van der Waals surface area contributed by atoms with Crippen LogP contribution in [0.25, 0.3) is 0 Å². The summed E-state index contributed by atoms with van der Waals surface area (Å²) in [6, 6.07) is 9.23. The van der Waals surface area contributed by atoms with Gasteiger partial charge in [0.15, 0.2) is 0 Å². The zero-order valence-corrected chi connectivity index (χ0v) is 13.2. The van der Waals surface area contributed by atoms with Gasteiger partial charge in [0.2, 0.25) is 0 Å². The number of hydrogen-bond acceptors (Lipinski definition) is 3. The van der Waals surface area contributed by atoms with Gasteiger partial charge in [0, 0.05) is 51.2 Å². The lowest BCUT2D eigenvalue weighted by Crippen LogP contribution is -2.51. The largest absolute Gasteiger partial charge is 0.368 e. The Balaban J connectivity index is 1.67. The molecule has 1 aromatic heterocycles. The second-order valence-electron chi connectivity index (χ2n) is 6.05. The summed E-state index contributed by atoms with van der Waals surface area (Å²) < 4.78 is 2.11. The maximum Gasteiger partial charge on any atom is 0.0945 e. The first-order valence-electron chi connectivity index (χ1n) is 7.65. The van der Waals surface area contributed by atoms with Crippen LogP contribution in [0.2, 0.25) is 0 Å². The second-order valence-corrected chi connectivity index (χ2v) is 6.05. The minimum absolute atomic E-state index is 0.549. The average molecular weight is 284 g/mol. The standard InChI is InChI=1S/C17H24N4/c1-14-6-4-5-7-17(14)21-9-8-20(15(2)11-21)12-16-10-18-13-19(16)3/h4-7,10,13,15H,8-9,11-12H2,1-3H3. The number of aryl methyl sites for hydroxylation is 2. The van der Waals surface area contributed by atoms with E-state index in [1.54, 1.807) is 0 Å². The molecule has 21 heavy (non-hydrogen) atoms. The molecule has 0 bridgehead atoms. The molecular weight excluding hydrogens is 260 g/mol. The summed E-state index contributed by atoms with van der Waals surface area (Å²) in [4.78, 5) is 9.27. The highest BCUT2D eigenvalue weighted by Crippen LogP contribution is 2.23. The summed E-state index contributed by atoms with van der Waals surface area (Å²) in [5, 5.41) is 0. The first-order valence-corrected chi connectivity index (χ1v) is 7.65. The Kier molecular flexibility index (Phi) is 3.97. The van der Waals surface area contributed by atoms with E-state index in [1.807, 2.05) is 12.5 Å². The van der Waals surface area contributed by atoms with Gasteiger partial charge in [-0.3, -0.25) is 4.90 Å². The lowest BCUT2D eigenvalue weighted by atomic mass is 10.1. The first kappa shape index (κ1) is 14.1. The number of anilines is 1. The highest BCUT2D eigenvalue weighted by Gasteiger charge is 2.24. The summed E-state index contributed by atoms with van der Waals surface area (Å²) in [6.07, 6.45) is 3.85. The van der Waals surface area contributed by atoms with E-state index in [0.29, 0.717) is 6.04 Å². The fraction of sp³-hybridized carbons (Fsp3) is 0.471. The van der Waals surface area contributed by atoms with E-state index >= 15 is 0 Å². The van der Waals surface area contributed by atoms with Crippen LogP contribution in [0.3, 0.4) is 0 Å². The van der Waals surface area contributed by atoms with E-state index in [2.05, 4.69) is 64.5 Å². The number of nitrogens with zero attached hydrogens (tertiary/aromatic N) is 4. The predicted octanol–water partition coefficient (Wildman–Crippen LogP) is 2.44. The van der Waals surface area contributed by atoms with Crippen molar-refractivity contribution in [2.75, 3.05) is 24.5 Å². The van der Waals surface area contributed by atoms with E-state index in [4.69, 9.17) is 0 Å². The molecule has 0 amide bonds. The summed E-state index contributed by atoms with van der Waals surface area (Å²) in [5.74, 6) is 0. The minimum Gasteiger partial charge on any atom is -0.368 e. The van der Waals surface area contributed by atoms with Gasteiger partial charge in [-0.25, -0.2) is 4.98 Å². The Labute approximate surface area is 127 Å². The van der Waals surface area contributed by atoms with Gasteiger partial charge >= 0.3 is 0 Å². The molecule has 1 saturated heterocycles. The van der Waals surface area contributed by atoms with Crippen LogP contribution in [0.5, 0.6) is 0 Å². The number of benzene rings is 1. The minimum atomic E-state index is 0.549. The lowest BCUT2D eigenvalue weighted by Gasteiger charge is -2.41. The second kappa shape index (κ2) is 5.90. The van der Waals surface area contributed by atoms with Crippen LogP contribution in [0.1, 0.15) is 18.2 Å². The van der Waals surface area contributed by atoms with Gasteiger partial charge in [-0.15, -0.1) is 0 Å². The Bertz CT molecular complexity index is 604. The number of rotatable bonds is 3. The molecule has 0 spiro atoms. The summed E-state index contributed by atoms with van der Waals surface area (Å²) >= 11 is 0. The van der Waals surface area contributed by atoms with Crippen molar-refractivity contribution >= 4 is 5.69 Å². The molecule has 1 aliphatic heterocycles. The normalized spacial score (nSPS) is 20.0. The SMILES string of the molecule is Cc1ccccc1N1CCN(Cc2cncn2C)C(C)C1. The fourth-order valence-corrected chi connectivity index (χ4v) is 3.11. The lowest BCUT2D eigenvalue weighted by molar-refractivity contribution is 0.177. The van der Waals surface area contributed by atoms with Gasteiger partial charge in [-0.05, 0) is 25.5 Å². The molecule has 4 heteroatoms. The number of imidazole rings is 1. The van der Waals surface area contributed by atoms with Gasteiger partial charge in [0.1, 0.15) is 0 Å². The number of aromatic nitrogens is 2. The van der Waals surface area contributed by atoms with Gasteiger partial charge in [0.25, 0.3) is 0 Å².